The SMILES string of the molecule is CC(C)C.N#CC1CC12CC2.c1ccc2c(c1)cnn2-c1cc(N2CCCC2)ncn1. The molecule has 1 atom stereocenters. The van der Waals surface area contributed by atoms with Crippen LogP contribution in [0.1, 0.15) is 52.9 Å². The van der Waals surface area contributed by atoms with E-state index < -0.39 is 0 Å². The van der Waals surface area contributed by atoms with Gasteiger partial charge < -0.3 is 4.90 Å². The molecule has 1 aromatic carbocycles. The van der Waals surface area contributed by atoms with Crippen molar-refractivity contribution < 1.29 is 0 Å². The third-order valence-electron chi connectivity index (χ3n) is 6.00. The van der Waals surface area contributed by atoms with E-state index in [9.17, 15) is 0 Å². The predicted molar refractivity (Wildman–Crippen MR) is 124 cm³/mol. The number of rotatable bonds is 2. The predicted octanol–water partition coefficient (Wildman–Crippen LogP) is 5.39. The monoisotopic (exact) mass is 416 g/mol. The van der Waals surface area contributed by atoms with E-state index >= 15 is 0 Å². The van der Waals surface area contributed by atoms with Crippen LogP contribution in [0.3, 0.4) is 0 Å². The fourth-order valence-corrected chi connectivity index (χ4v) is 3.97. The lowest BCUT2D eigenvalue weighted by Gasteiger charge is -2.16. The molecule has 3 heterocycles. The van der Waals surface area contributed by atoms with Crippen LogP contribution in [0, 0.1) is 28.6 Å². The maximum atomic E-state index is 8.33. The molecule has 162 valence electrons. The van der Waals surface area contributed by atoms with Crippen molar-refractivity contribution in [3.8, 4) is 11.9 Å². The number of para-hydroxylation sites is 1. The van der Waals surface area contributed by atoms with E-state index in [2.05, 4.69) is 58.9 Å². The van der Waals surface area contributed by atoms with Crippen molar-refractivity contribution in [2.45, 2.75) is 52.9 Å². The molecule has 0 amide bonds. The van der Waals surface area contributed by atoms with Gasteiger partial charge in [-0.3, -0.25) is 0 Å². The summed E-state index contributed by atoms with van der Waals surface area (Å²) < 4.78 is 1.87. The van der Waals surface area contributed by atoms with Crippen LogP contribution in [0.15, 0.2) is 42.9 Å². The van der Waals surface area contributed by atoms with Crippen molar-refractivity contribution in [3.05, 3.63) is 42.9 Å². The number of nitrogens with zero attached hydrogens (tertiary/aromatic N) is 6. The minimum absolute atomic E-state index is 0.465. The molecule has 0 bridgehead atoms. The van der Waals surface area contributed by atoms with Gasteiger partial charge in [0, 0.05) is 24.5 Å². The smallest absolute Gasteiger partial charge is 0.159 e. The zero-order valence-electron chi connectivity index (χ0n) is 18.8. The average molecular weight is 417 g/mol. The van der Waals surface area contributed by atoms with Gasteiger partial charge in [-0.1, -0.05) is 39.0 Å². The molecule has 2 aliphatic carbocycles. The largest absolute Gasteiger partial charge is 0.356 e. The van der Waals surface area contributed by atoms with E-state index in [-0.39, 0.29) is 0 Å². The molecule has 3 aromatic rings. The van der Waals surface area contributed by atoms with Crippen molar-refractivity contribution in [3.63, 3.8) is 0 Å². The maximum Gasteiger partial charge on any atom is 0.159 e. The highest BCUT2D eigenvalue weighted by atomic mass is 15.3. The number of fused-ring (bicyclic) bond motifs is 1. The summed E-state index contributed by atoms with van der Waals surface area (Å²) in [6.45, 7) is 8.66. The lowest BCUT2D eigenvalue weighted by atomic mass is 10.2. The molecule has 1 spiro atoms. The second-order valence-corrected chi connectivity index (χ2v) is 9.52. The number of anilines is 1. The second kappa shape index (κ2) is 9.05. The highest BCUT2D eigenvalue weighted by Crippen LogP contribution is 2.70. The van der Waals surface area contributed by atoms with Crippen molar-refractivity contribution >= 4 is 16.7 Å². The fraction of sp³-hybridized carbons (Fsp3) is 0.520. The molecule has 3 aliphatic rings. The standard InChI is InChI=1S/C15H15N5.C6H7N.C4H10/c1-2-6-13-12(5-1)10-18-20(13)15-9-14(16-11-17-15)19-7-3-4-8-19;7-4-5-3-6(5)1-2-6;1-4(2)3/h1-2,5-6,9-11H,3-4,7-8H2;5H,1-3H2;4H,1-3H3. The number of nitriles is 1. The van der Waals surface area contributed by atoms with E-state index in [0.717, 1.165) is 41.5 Å². The summed E-state index contributed by atoms with van der Waals surface area (Å²) in [4.78, 5) is 11.1. The molecule has 6 rings (SSSR count). The highest BCUT2D eigenvalue weighted by molar-refractivity contribution is 5.79. The van der Waals surface area contributed by atoms with Gasteiger partial charge in [0.1, 0.15) is 12.1 Å². The number of aromatic nitrogens is 4. The topological polar surface area (TPSA) is 70.6 Å². The van der Waals surface area contributed by atoms with Gasteiger partial charge in [0.25, 0.3) is 0 Å². The molecule has 6 heteroatoms. The first kappa shape index (κ1) is 21.3. The first-order valence-electron chi connectivity index (χ1n) is 11.4. The van der Waals surface area contributed by atoms with Crippen LogP contribution in [0.25, 0.3) is 16.7 Å². The summed E-state index contributed by atoms with van der Waals surface area (Å²) in [5, 5.41) is 13.9. The van der Waals surface area contributed by atoms with Crippen LogP contribution in [-0.2, 0) is 0 Å². The molecule has 1 unspecified atom stereocenters. The Kier molecular flexibility index (Phi) is 6.22. The molecule has 6 nitrogen and oxygen atoms in total. The number of hydrogen-bond acceptors (Lipinski definition) is 5. The quantitative estimate of drug-likeness (QED) is 0.560. The van der Waals surface area contributed by atoms with Gasteiger partial charge in [-0.2, -0.15) is 10.4 Å². The van der Waals surface area contributed by atoms with Gasteiger partial charge in [-0.05, 0) is 49.5 Å². The van der Waals surface area contributed by atoms with Gasteiger partial charge in [-0.15, -0.1) is 0 Å². The van der Waals surface area contributed by atoms with E-state index in [1.165, 1.54) is 32.1 Å². The molecular weight excluding hydrogens is 384 g/mol. The summed E-state index contributed by atoms with van der Waals surface area (Å²) in [6, 6.07) is 12.5. The van der Waals surface area contributed by atoms with Gasteiger partial charge >= 0.3 is 0 Å². The lowest BCUT2D eigenvalue weighted by Crippen LogP contribution is -2.19. The van der Waals surface area contributed by atoms with Crippen LogP contribution in [0.2, 0.25) is 0 Å². The zero-order chi connectivity index (χ0) is 21.8. The average Bonchev–Trinajstić information content (AvgIpc) is 3.53. The Labute approximate surface area is 184 Å². The van der Waals surface area contributed by atoms with Gasteiger partial charge in [0.05, 0.1) is 23.7 Å². The molecule has 1 saturated heterocycles. The highest BCUT2D eigenvalue weighted by Gasteiger charge is 2.63. The lowest BCUT2D eigenvalue weighted by molar-refractivity contribution is 0.737. The van der Waals surface area contributed by atoms with E-state index in [0.29, 0.717) is 11.3 Å². The number of hydrogen-bond donors (Lipinski definition) is 0. The summed E-state index contributed by atoms with van der Waals surface area (Å²) in [5.74, 6) is 3.11. The summed E-state index contributed by atoms with van der Waals surface area (Å²) in [7, 11) is 0. The zero-order valence-corrected chi connectivity index (χ0v) is 18.8. The molecule has 0 radical (unpaired) electrons. The minimum atomic E-state index is 0.465. The Morgan fingerprint density at radius 1 is 1.06 bits per heavy atom. The molecule has 3 fully saturated rings. The van der Waals surface area contributed by atoms with Crippen LogP contribution in [0.4, 0.5) is 5.82 Å². The first-order chi connectivity index (χ1) is 15.0. The fourth-order valence-electron chi connectivity index (χ4n) is 3.97. The normalized spacial score (nSPS) is 20.0. The molecule has 2 aromatic heterocycles. The van der Waals surface area contributed by atoms with Crippen molar-refractivity contribution in [1.29, 1.82) is 5.26 Å². The molecular formula is C25H32N6. The Hall–Kier alpha value is -2.94. The van der Waals surface area contributed by atoms with E-state index in [4.69, 9.17) is 5.26 Å². The van der Waals surface area contributed by atoms with Crippen molar-refractivity contribution in [2.24, 2.45) is 17.3 Å². The van der Waals surface area contributed by atoms with Crippen molar-refractivity contribution in [1.82, 2.24) is 19.7 Å². The van der Waals surface area contributed by atoms with Crippen LogP contribution >= 0.6 is 0 Å². The third-order valence-corrected chi connectivity index (χ3v) is 6.00. The Morgan fingerprint density at radius 3 is 2.35 bits per heavy atom. The summed E-state index contributed by atoms with van der Waals surface area (Å²) in [6.07, 6.45) is 9.86. The Bertz CT molecular complexity index is 1050. The van der Waals surface area contributed by atoms with Crippen LogP contribution < -0.4 is 4.90 Å². The third kappa shape index (κ3) is 5.04. The van der Waals surface area contributed by atoms with E-state index in [1.54, 1.807) is 6.33 Å². The van der Waals surface area contributed by atoms with Gasteiger partial charge in [0.2, 0.25) is 0 Å². The number of benzene rings is 1. The van der Waals surface area contributed by atoms with Gasteiger partial charge in [0.15, 0.2) is 5.82 Å². The molecule has 2 saturated carbocycles. The first-order valence-corrected chi connectivity index (χ1v) is 11.4. The van der Waals surface area contributed by atoms with Gasteiger partial charge in [-0.25, -0.2) is 14.6 Å². The summed E-state index contributed by atoms with van der Waals surface area (Å²) in [5.41, 5.74) is 1.67. The minimum Gasteiger partial charge on any atom is -0.356 e. The van der Waals surface area contributed by atoms with Crippen LogP contribution in [0.5, 0.6) is 0 Å². The Balaban J connectivity index is 0.000000172. The molecule has 0 N–H and O–H groups in total. The second-order valence-electron chi connectivity index (χ2n) is 9.52. The van der Waals surface area contributed by atoms with Crippen LogP contribution in [-0.4, -0.2) is 32.8 Å². The Morgan fingerprint density at radius 2 is 1.74 bits per heavy atom. The summed E-state index contributed by atoms with van der Waals surface area (Å²) >= 11 is 0. The molecule has 31 heavy (non-hydrogen) atoms. The molecule has 1 aliphatic heterocycles. The van der Waals surface area contributed by atoms with Crippen molar-refractivity contribution in [2.75, 3.05) is 18.0 Å². The maximum absolute atomic E-state index is 8.33. The van der Waals surface area contributed by atoms with E-state index in [1.807, 2.05) is 29.1 Å².